The molecule has 0 N–H and O–H groups in total. The van der Waals surface area contributed by atoms with E-state index in [2.05, 4.69) is 282 Å². The number of nitrogens with zero attached hydrogens (tertiary/aromatic N) is 8. The third kappa shape index (κ3) is 21.2. The highest BCUT2D eigenvalue weighted by molar-refractivity contribution is 5.20. The Morgan fingerprint density at radius 3 is 0.312 bits per heavy atom. The van der Waals surface area contributed by atoms with Crippen LogP contribution in [0.5, 0.6) is 0 Å². The minimum atomic E-state index is 0.999. The second-order valence-electron chi connectivity index (χ2n) is 22.1. The summed E-state index contributed by atoms with van der Waals surface area (Å²) in [5, 5.41) is 0. The molecule has 8 nitrogen and oxygen atoms in total. The fourth-order valence-electron chi connectivity index (χ4n) is 11.2. The lowest BCUT2D eigenvalue weighted by atomic mass is 10.1. The molecule has 0 unspecified atom stereocenters. The molecule has 0 amide bonds. The highest BCUT2D eigenvalue weighted by atomic mass is 15.3. The van der Waals surface area contributed by atoms with Crippen molar-refractivity contribution in [2.75, 3.05) is 105 Å². The monoisotopic (exact) mass is 1060 g/mol. The Morgan fingerprint density at radius 1 is 0.138 bits per heavy atom. The van der Waals surface area contributed by atoms with Gasteiger partial charge < -0.3 is 0 Å². The molecule has 10 rings (SSSR count). The molecule has 8 aromatic rings. The van der Waals surface area contributed by atoms with Gasteiger partial charge in [-0.3, -0.25) is 39.2 Å². The van der Waals surface area contributed by atoms with Gasteiger partial charge in [0.2, 0.25) is 0 Å². The van der Waals surface area contributed by atoms with Crippen molar-refractivity contribution in [2.24, 2.45) is 0 Å². The molecule has 2 saturated heterocycles. The van der Waals surface area contributed by atoms with Crippen molar-refractivity contribution in [3.05, 3.63) is 287 Å². The normalized spacial score (nSPS) is 17.2. The third-order valence-electron chi connectivity index (χ3n) is 15.9. The van der Waals surface area contributed by atoms with E-state index in [1.807, 2.05) is 0 Å². The largest absolute Gasteiger partial charge is 0.297 e. The van der Waals surface area contributed by atoms with Crippen LogP contribution in [0.25, 0.3) is 0 Å². The molecule has 80 heavy (non-hydrogen) atoms. The van der Waals surface area contributed by atoms with Crippen molar-refractivity contribution in [1.29, 1.82) is 0 Å². The fourth-order valence-corrected chi connectivity index (χ4v) is 11.2. The van der Waals surface area contributed by atoms with Gasteiger partial charge >= 0.3 is 0 Å². The van der Waals surface area contributed by atoms with Crippen LogP contribution in [0.3, 0.4) is 0 Å². The van der Waals surface area contributed by atoms with Gasteiger partial charge in [0.1, 0.15) is 0 Å². The molecule has 8 heteroatoms. The van der Waals surface area contributed by atoms with Crippen LogP contribution in [0.15, 0.2) is 243 Å². The zero-order chi connectivity index (χ0) is 54.5. The minimum Gasteiger partial charge on any atom is -0.297 e. The first-order valence-corrected chi connectivity index (χ1v) is 29.7. The predicted molar refractivity (Wildman–Crippen MR) is 334 cm³/mol. The maximum absolute atomic E-state index is 2.66. The smallest absolute Gasteiger partial charge is 0.0234 e. The summed E-state index contributed by atoms with van der Waals surface area (Å²) in [4.78, 5) is 21.3. The highest BCUT2D eigenvalue weighted by Gasteiger charge is 2.20. The van der Waals surface area contributed by atoms with Crippen molar-refractivity contribution in [2.45, 2.75) is 52.4 Å². The van der Waals surface area contributed by atoms with E-state index in [0.29, 0.717) is 0 Å². The van der Waals surface area contributed by atoms with Crippen LogP contribution >= 0.6 is 0 Å². The van der Waals surface area contributed by atoms with E-state index in [-0.39, 0.29) is 0 Å². The van der Waals surface area contributed by atoms with Gasteiger partial charge in [0.15, 0.2) is 0 Å². The Morgan fingerprint density at radius 2 is 0.225 bits per heavy atom. The molecule has 0 saturated carbocycles. The summed E-state index contributed by atoms with van der Waals surface area (Å²) in [7, 11) is 0. The third-order valence-corrected chi connectivity index (χ3v) is 15.9. The molecule has 416 valence electrons. The summed E-state index contributed by atoms with van der Waals surface area (Å²) >= 11 is 0. The molecule has 8 aromatic carbocycles. The van der Waals surface area contributed by atoms with Gasteiger partial charge in [-0.25, -0.2) is 0 Å². The summed E-state index contributed by atoms with van der Waals surface area (Å²) in [6.45, 7) is 25.1. The van der Waals surface area contributed by atoms with E-state index >= 15 is 0 Å². The summed E-state index contributed by atoms with van der Waals surface area (Å²) in [5.74, 6) is 0. The van der Waals surface area contributed by atoms with Crippen molar-refractivity contribution in [3.63, 3.8) is 0 Å². The van der Waals surface area contributed by atoms with Crippen molar-refractivity contribution in [3.8, 4) is 0 Å². The van der Waals surface area contributed by atoms with E-state index in [4.69, 9.17) is 0 Å². The summed E-state index contributed by atoms with van der Waals surface area (Å²) in [6.07, 6.45) is 0. The molecule has 0 atom stereocenters. The summed E-state index contributed by atoms with van der Waals surface area (Å²) in [5.41, 5.74) is 11.2. The van der Waals surface area contributed by atoms with Crippen LogP contribution in [0, 0.1) is 0 Å². The van der Waals surface area contributed by atoms with Crippen LogP contribution in [0.1, 0.15) is 44.5 Å². The molecular formula is C72H88N8. The molecule has 0 aromatic heterocycles. The number of hydrogen-bond donors (Lipinski definition) is 0. The topological polar surface area (TPSA) is 25.9 Å². The van der Waals surface area contributed by atoms with E-state index in [9.17, 15) is 0 Å². The van der Waals surface area contributed by atoms with Gasteiger partial charge in [-0.15, -0.1) is 0 Å². The molecule has 2 heterocycles. The van der Waals surface area contributed by atoms with Gasteiger partial charge in [0.25, 0.3) is 0 Å². The van der Waals surface area contributed by atoms with E-state index in [1.165, 1.54) is 44.5 Å². The quantitative estimate of drug-likeness (QED) is 0.0944. The first-order valence-electron chi connectivity index (χ1n) is 29.7. The lowest BCUT2D eigenvalue weighted by molar-refractivity contribution is 0.122. The van der Waals surface area contributed by atoms with Crippen molar-refractivity contribution in [1.82, 2.24) is 39.2 Å². The van der Waals surface area contributed by atoms with Gasteiger partial charge in [0.05, 0.1) is 0 Å². The van der Waals surface area contributed by atoms with E-state index in [0.717, 1.165) is 157 Å². The fraction of sp³-hybridized carbons (Fsp3) is 0.333. The average Bonchev–Trinajstić information content (AvgIpc) is 3.50. The summed E-state index contributed by atoms with van der Waals surface area (Å²) in [6, 6.07) is 87.8. The van der Waals surface area contributed by atoms with Gasteiger partial charge in [-0.2, -0.15) is 0 Å². The van der Waals surface area contributed by atoms with Gasteiger partial charge in [-0.1, -0.05) is 243 Å². The van der Waals surface area contributed by atoms with E-state index < -0.39 is 0 Å². The lowest BCUT2D eigenvalue weighted by Crippen LogP contribution is -2.45. The number of rotatable bonds is 16. The number of benzene rings is 8. The summed E-state index contributed by atoms with van der Waals surface area (Å²) < 4.78 is 0. The Hall–Kier alpha value is -6.56. The predicted octanol–water partition coefficient (Wildman–Crippen LogP) is 12.0. The maximum Gasteiger partial charge on any atom is 0.0234 e. The first-order chi connectivity index (χ1) is 39.6. The van der Waals surface area contributed by atoms with Crippen molar-refractivity contribution >= 4 is 0 Å². The average molecular weight is 1070 g/mol. The molecule has 2 aliphatic rings. The Balaban J connectivity index is 0.000000194. The lowest BCUT2D eigenvalue weighted by Gasteiger charge is -2.34. The molecule has 2 fully saturated rings. The zero-order valence-corrected chi connectivity index (χ0v) is 47.6. The second kappa shape index (κ2) is 33.3. The Bertz CT molecular complexity index is 2200. The minimum absolute atomic E-state index is 0.999. The van der Waals surface area contributed by atoms with Crippen LogP contribution in [-0.2, 0) is 52.4 Å². The van der Waals surface area contributed by atoms with Gasteiger partial charge in [0, 0.05) is 157 Å². The number of hydrogen-bond acceptors (Lipinski definition) is 8. The molecule has 0 radical (unpaired) electrons. The molecule has 0 aliphatic carbocycles. The highest BCUT2D eigenvalue weighted by Crippen LogP contribution is 2.16. The van der Waals surface area contributed by atoms with Crippen LogP contribution in [0.2, 0.25) is 0 Å². The molecular weight excluding hydrogens is 977 g/mol. The van der Waals surface area contributed by atoms with E-state index in [1.54, 1.807) is 0 Å². The molecule has 0 bridgehead atoms. The Kier molecular flexibility index (Phi) is 24.2. The van der Waals surface area contributed by atoms with Crippen LogP contribution in [0.4, 0.5) is 0 Å². The second-order valence-corrected chi connectivity index (χ2v) is 22.1. The maximum atomic E-state index is 2.66. The van der Waals surface area contributed by atoms with Crippen molar-refractivity contribution < 1.29 is 0 Å². The SMILES string of the molecule is c1ccc(CN2CCN(Cc3ccccc3)CCN(Cc3ccccc3)CCN(Cc3ccccc3)CC2)cc1.c1ccc(CN2CCN(Cc3ccccc3)CCN(Cc3ccccc3)CCN(Cc3ccccc3)CC2)cc1. The molecule has 2 aliphatic heterocycles. The molecule has 0 spiro atoms. The van der Waals surface area contributed by atoms with Crippen LogP contribution < -0.4 is 0 Å². The Labute approximate surface area is 481 Å². The first kappa shape index (κ1) is 58.1. The zero-order valence-electron chi connectivity index (χ0n) is 47.6. The van der Waals surface area contributed by atoms with Gasteiger partial charge in [-0.05, 0) is 44.5 Å². The standard InChI is InChI=1S/2C36H44N4/c2*1-5-13-33(14-6-1)29-37-21-23-38(30-34-15-7-2-8-16-34)25-27-40(32-36-19-11-4-12-20-36)28-26-39(24-22-37)31-35-17-9-3-10-18-35/h2*1-20H,21-32H2. The van der Waals surface area contributed by atoms with Crippen LogP contribution in [-0.4, -0.2) is 144 Å².